The highest BCUT2D eigenvalue weighted by molar-refractivity contribution is 5.04. The van der Waals surface area contributed by atoms with Crippen LogP contribution in [0.1, 0.15) is 25.5 Å². The van der Waals surface area contributed by atoms with Gasteiger partial charge in [0.2, 0.25) is 5.95 Å². The van der Waals surface area contributed by atoms with Gasteiger partial charge in [0.15, 0.2) is 0 Å². The van der Waals surface area contributed by atoms with Crippen molar-refractivity contribution in [1.82, 2.24) is 10.3 Å². The van der Waals surface area contributed by atoms with Crippen molar-refractivity contribution < 1.29 is 9.13 Å². The molecule has 1 fully saturated rings. The number of aromatic nitrogens is 1. The lowest BCUT2D eigenvalue weighted by Gasteiger charge is -2.28. The van der Waals surface area contributed by atoms with Crippen LogP contribution in [0.2, 0.25) is 0 Å². The van der Waals surface area contributed by atoms with E-state index in [2.05, 4.69) is 17.2 Å². The van der Waals surface area contributed by atoms with Gasteiger partial charge < -0.3 is 10.1 Å². The third-order valence-corrected chi connectivity index (χ3v) is 3.28. The molecule has 0 aliphatic carbocycles. The summed E-state index contributed by atoms with van der Waals surface area (Å²) in [6.07, 6.45) is 2.33. The standard InChI is InChI=1S/C13H19FN2O/c1-10(11-4-3-7-17-9-11)15-8-12-5-2-6-13(14)16-12/h2,5-6,10-11,15H,3-4,7-9H2,1H3/t10-,11+/m0/s1. The second kappa shape index (κ2) is 6.07. The van der Waals surface area contributed by atoms with E-state index < -0.39 is 5.95 Å². The maximum absolute atomic E-state index is 12.9. The van der Waals surface area contributed by atoms with Crippen LogP contribution in [0.3, 0.4) is 0 Å². The molecule has 0 unspecified atom stereocenters. The SMILES string of the molecule is C[C@H](NCc1cccc(F)n1)[C@@H]1CCCOC1. The first-order chi connectivity index (χ1) is 8.25. The van der Waals surface area contributed by atoms with Crippen molar-refractivity contribution in [2.45, 2.75) is 32.4 Å². The van der Waals surface area contributed by atoms with Crippen LogP contribution in [-0.4, -0.2) is 24.2 Å². The normalized spacial score (nSPS) is 22.4. The van der Waals surface area contributed by atoms with E-state index >= 15 is 0 Å². The number of hydrogen-bond donors (Lipinski definition) is 1. The lowest BCUT2D eigenvalue weighted by Crippen LogP contribution is -2.37. The summed E-state index contributed by atoms with van der Waals surface area (Å²) in [4.78, 5) is 3.83. The number of nitrogens with zero attached hydrogens (tertiary/aromatic N) is 1. The smallest absolute Gasteiger partial charge is 0.213 e. The Hall–Kier alpha value is -1.00. The van der Waals surface area contributed by atoms with Gasteiger partial charge in [-0.2, -0.15) is 4.39 Å². The zero-order valence-electron chi connectivity index (χ0n) is 10.2. The maximum atomic E-state index is 12.9. The zero-order chi connectivity index (χ0) is 12.1. The predicted octanol–water partition coefficient (Wildman–Crippen LogP) is 2.13. The molecule has 17 heavy (non-hydrogen) atoms. The maximum Gasteiger partial charge on any atom is 0.213 e. The Bertz CT molecular complexity index is 353. The Morgan fingerprint density at radius 2 is 2.47 bits per heavy atom. The molecule has 1 aromatic heterocycles. The molecular weight excluding hydrogens is 219 g/mol. The van der Waals surface area contributed by atoms with Crippen LogP contribution in [0, 0.1) is 11.9 Å². The fourth-order valence-electron chi connectivity index (χ4n) is 2.14. The van der Waals surface area contributed by atoms with Crippen molar-refractivity contribution >= 4 is 0 Å². The van der Waals surface area contributed by atoms with Gasteiger partial charge in [0, 0.05) is 19.2 Å². The third-order valence-electron chi connectivity index (χ3n) is 3.28. The minimum absolute atomic E-state index is 0.375. The first-order valence-corrected chi connectivity index (χ1v) is 6.18. The van der Waals surface area contributed by atoms with Crippen molar-refractivity contribution in [3.8, 4) is 0 Å². The van der Waals surface area contributed by atoms with E-state index in [1.165, 1.54) is 12.5 Å². The van der Waals surface area contributed by atoms with E-state index in [1.807, 2.05) is 6.07 Å². The van der Waals surface area contributed by atoms with Crippen LogP contribution in [0.5, 0.6) is 0 Å². The van der Waals surface area contributed by atoms with E-state index in [-0.39, 0.29) is 0 Å². The summed E-state index contributed by atoms with van der Waals surface area (Å²) in [7, 11) is 0. The highest BCUT2D eigenvalue weighted by atomic mass is 19.1. The molecular formula is C13H19FN2O. The van der Waals surface area contributed by atoms with E-state index in [1.54, 1.807) is 6.07 Å². The summed E-state index contributed by atoms with van der Waals surface area (Å²) >= 11 is 0. The molecule has 0 saturated carbocycles. The van der Waals surface area contributed by atoms with Gasteiger partial charge in [0.1, 0.15) is 0 Å². The molecule has 0 spiro atoms. The predicted molar refractivity (Wildman–Crippen MR) is 64.0 cm³/mol. The fourth-order valence-corrected chi connectivity index (χ4v) is 2.14. The monoisotopic (exact) mass is 238 g/mol. The Kier molecular flexibility index (Phi) is 4.45. The number of nitrogens with one attached hydrogen (secondary N) is 1. The van der Waals surface area contributed by atoms with Gasteiger partial charge >= 0.3 is 0 Å². The molecule has 0 amide bonds. The molecule has 2 atom stereocenters. The molecule has 2 heterocycles. The van der Waals surface area contributed by atoms with Gasteiger partial charge in [-0.1, -0.05) is 6.07 Å². The largest absolute Gasteiger partial charge is 0.381 e. The third kappa shape index (κ3) is 3.75. The number of pyridine rings is 1. The van der Waals surface area contributed by atoms with Crippen LogP contribution in [0.25, 0.3) is 0 Å². The number of halogens is 1. The van der Waals surface area contributed by atoms with E-state index in [4.69, 9.17) is 4.74 Å². The second-order valence-corrected chi connectivity index (χ2v) is 4.60. The highest BCUT2D eigenvalue weighted by Crippen LogP contribution is 2.17. The molecule has 0 bridgehead atoms. The summed E-state index contributed by atoms with van der Waals surface area (Å²) in [5.41, 5.74) is 0.744. The van der Waals surface area contributed by atoms with Crippen LogP contribution in [0.4, 0.5) is 4.39 Å². The Morgan fingerprint density at radius 3 is 3.18 bits per heavy atom. The molecule has 94 valence electrons. The van der Waals surface area contributed by atoms with Gasteiger partial charge in [0.25, 0.3) is 0 Å². The van der Waals surface area contributed by atoms with E-state index in [0.717, 1.165) is 25.3 Å². The van der Waals surface area contributed by atoms with Gasteiger partial charge in [-0.15, -0.1) is 0 Å². The molecule has 4 heteroatoms. The Labute approximate surface area is 101 Å². The van der Waals surface area contributed by atoms with Crippen LogP contribution in [0.15, 0.2) is 18.2 Å². The first-order valence-electron chi connectivity index (χ1n) is 6.18. The fraction of sp³-hybridized carbons (Fsp3) is 0.615. The summed E-state index contributed by atoms with van der Waals surface area (Å²) in [6.45, 7) is 4.47. The second-order valence-electron chi connectivity index (χ2n) is 4.60. The lowest BCUT2D eigenvalue weighted by molar-refractivity contribution is 0.0417. The van der Waals surface area contributed by atoms with Gasteiger partial charge in [-0.3, -0.25) is 0 Å². The summed E-state index contributed by atoms with van der Waals surface area (Å²) in [6, 6.07) is 5.26. The molecule has 1 aromatic rings. The number of hydrogen-bond acceptors (Lipinski definition) is 3. The first kappa shape index (κ1) is 12.5. The molecule has 0 aromatic carbocycles. The molecule has 3 nitrogen and oxygen atoms in total. The lowest BCUT2D eigenvalue weighted by atomic mass is 9.95. The van der Waals surface area contributed by atoms with Gasteiger partial charge in [-0.25, -0.2) is 4.98 Å². The minimum Gasteiger partial charge on any atom is -0.381 e. The summed E-state index contributed by atoms with van der Waals surface area (Å²) in [5, 5.41) is 3.39. The van der Waals surface area contributed by atoms with Gasteiger partial charge in [0.05, 0.1) is 12.3 Å². The quantitative estimate of drug-likeness (QED) is 0.816. The molecule has 1 aliphatic rings. The van der Waals surface area contributed by atoms with E-state index in [0.29, 0.717) is 18.5 Å². The Morgan fingerprint density at radius 1 is 1.59 bits per heavy atom. The van der Waals surface area contributed by atoms with Crippen molar-refractivity contribution in [3.63, 3.8) is 0 Å². The molecule has 1 saturated heterocycles. The highest BCUT2D eigenvalue weighted by Gasteiger charge is 2.20. The minimum atomic E-state index is -0.419. The summed E-state index contributed by atoms with van der Waals surface area (Å²) < 4.78 is 18.3. The van der Waals surface area contributed by atoms with Crippen molar-refractivity contribution in [1.29, 1.82) is 0 Å². The van der Waals surface area contributed by atoms with Crippen molar-refractivity contribution in [3.05, 3.63) is 29.8 Å². The average Bonchev–Trinajstić information content (AvgIpc) is 2.37. The van der Waals surface area contributed by atoms with E-state index in [9.17, 15) is 4.39 Å². The van der Waals surface area contributed by atoms with Crippen molar-refractivity contribution in [2.24, 2.45) is 5.92 Å². The number of rotatable bonds is 4. The topological polar surface area (TPSA) is 34.2 Å². The summed E-state index contributed by atoms with van der Waals surface area (Å²) in [5.74, 6) is 0.135. The molecule has 0 radical (unpaired) electrons. The zero-order valence-corrected chi connectivity index (χ0v) is 10.2. The van der Waals surface area contributed by atoms with Crippen LogP contribution in [-0.2, 0) is 11.3 Å². The number of ether oxygens (including phenoxy) is 1. The molecule has 1 aliphatic heterocycles. The average molecular weight is 238 g/mol. The van der Waals surface area contributed by atoms with Gasteiger partial charge in [-0.05, 0) is 37.8 Å². The van der Waals surface area contributed by atoms with Crippen LogP contribution >= 0.6 is 0 Å². The molecule has 1 N–H and O–H groups in total. The Balaban J connectivity index is 1.80. The van der Waals surface area contributed by atoms with Crippen LogP contribution < -0.4 is 5.32 Å². The molecule has 2 rings (SSSR count). The van der Waals surface area contributed by atoms with Crippen molar-refractivity contribution in [2.75, 3.05) is 13.2 Å².